The summed E-state index contributed by atoms with van der Waals surface area (Å²) in [6.07, 6.45) is 3.48. The number of quaternary nitrogens is 1. The average Bonchev–Trinajstić information content (AvgIpc) is 2.57. The zero-order valence-electron chi connectivity index (χ0n) is 16.5. The van der Waals surface area contributed by atoms with Crippen molar-refractivity contribution >= 4 is 5.91 Å². The number of rotatable bonds is 4. The SMILES string of the molecule is CC1(C)CCCC(C)(C)[N+]1([O-])OC1CCCN(Cc2ccccc2)C1=O. The first kappa shape index (κ1) is 19.3. The normalized spacial score (nSPS) is 27.3. The Morgan fingerprint density at radius 1 is 1.12 bits per heavy atom. The molecule has 0 radical (unpaired) electrons. The fraction of sp³-hybridized carbons (Fsp3) is 0.667. The van der Waals surface area contributed by atoms with Crippen molar-refractivity contribution in [3.05, 3.63) is 41.1 Å². The molecule has 1 unspecified atom stereocenters. The Morgan fingerprint density at radius 3 is 2.35 bits per heavy atom. The first-order valence-electron chi connectivity index (χ1n) is 9.78. The summed E-state index contributed by atoms with van der Waals surface area (Å²) < 4.78 is 0. The van der Waals surface area contributed by atoms with E-state index in [0.717, 1.165) is 37.8 Å². The highest BCUT2D eigenvalue weighted by Gasteiger charge is 2.55. The molecule has 1 aromatic rings. The summed E-state index contributed by atoms with van der Waals surface area (Å²) in [5.41, 5.74) is -0.000777. The van der Waals surface area contributed by atoms with Crippen LogP contribution in [0, 0.1) is 5.21 Å². The van der Waals surface area contributed by atoms with Crippen LogP contribution in [0.2, 0.25) is 0 Å². The monoisotopic (exact) mass is 360 g/mol. The van der Waals surface area contributed by atoms with Crippen molar-refractivity contribution < 1.29 is 14.4 Å². The van der Waals surface area contributed by atoms with Gasteiger partial charge < -0.3 is 10.1 Å². The molecule has 5 nitrogen and oxygen atoms in total. The van der Waals surface area contributed by atoms with Gasteiger partial charge in [-0.3, -0.25) is 4.79 Å². The van der Waals surface area contributed by atoms with Crippen molar-refractivity contribution in [3.8, 4) is 0 Å². The molecule has 144 valence electrons. The van der Waals surface area contributed by atoms with Crippen LogP contribution >= 0.6 is 0 Å². The van der Waals surface area contributed by atoms with Crippen LogP contribution in [-0.2, 0) is 16.2 Å². The van der Waals surface area contributed by atoms with Gasteiger partial charge in [-0.2, -0.15) is 4.84 Å². The molecule has 0 saturated carbocycles. The number of carbonyl (C=O) groups excluding carboxylic acids is 1. The zero-order valence-corrected chi connectivity index (χ0v) is 16.5. The Bertz CT molecular complexity index is 626. The summed E-state index contributed by atoms with van der Waals surface area (Å²) in [6.45, 7) is 9.17. The number of likely N-dealkylation sites (tertiary alicyclic amines) is 1. The smallest absolute Gasteiger partial charge is 0.258 e. The van der Waals surface area contributed by atoms with Gasteiger partial charge in [-0.15, -0.1) is 0 Å². The minimum Gasteiger partial charge on any atom is -0.597 e. The highest BCUT2D eigenvalue weighted by molar-refractivity contribution is 5.81. The average molecular weight is 360 g/mol. The predicted octanol–water partition coefficient (Wildman–Crippen LogP) is 4.16. The van der Waals surface area contributed by atoms with Crippen LogP contribution in [0.15, 0.2) is 30.3 Å². The fourth-order valence-electron chi connectivity index (χ4n) is 4.50. The molecule has 2 aliphatic heterocycles. The maximum atomic E-state index is 13.9. The van der Waals surface area contributed by atoms with E-state index < -0.39 is 22.0 Å². The minimum absolute atomic E-state index is 0.0503. The maximum absolute atomic E-state index is 13.9. The van der Waals surface area contributed by atoms with Gasteiger partial charge in [0.1, 0.15) is 11.1 Å². The Hall–Kier alpha value is -1.43. The van der Waals surface area contributed by atoms with Crippen molar-refractivity contribution in [2.75, 3.05) is 6.54 Å². The molecule has 0 spiro atoms. The van der Waals surface area contributed by atoms with E-state index in [1.807, 2.05) is 62.9 Å². The zero-order chi connectivity index (χ0) is 19.0. The highest BCUT2D eigenvalue weighted by atomic mass is 16.9. The van der Waals surface area contributed by atoms with Gasteiger partial charge in [-0.05, 0) is 52.5 Å². The number of benzene rings is 1. The molecule has 1 aromatic carbocycles. The summed E-state index contributed by atoms with van der Waals surface area (Å²) >= 11 is 0. The van der Waals surface area contributed by atoms with Gasteiger partial charge in [0.15, 0.2) is 6.10 Å². The summed E-state index contributed by atoms with van der Waals surface area (Å²) in [6, 6.07) is 9.98. The fourth-order valence-corrected chi connectivity index (χ4v) is 4.50. The van der Waals surface area contributed by atoms with E-state index >= 15 is 0 Å². The molecule has 2 heterocycles. The van der Waals surface area contributed by atoms with Crippen molar-refractivity contribution in [1.29, 1.82) is 0 Å². The number of nitrogens with zero attached hydrogens (tertiary/aromatic N) is 2. The molecule has 5 heteroatoms. The molecule has 3 rings (SSSR count). The van der Waals surface area contributed by atoms with Crippen LogP contribution in [0.3, 0.4) is 0 Å². The molecule has 2 aliphatic rings. The molecule has 2 fully saturated rings. The Kier molecular flexibility index (Phi) is 5.17. The molecule has 0 aliphatic carbocycles. The van der Waals surface area contributed by atoms with Crippen LogP contribution in [-0.4, -0.2) is 39.3 Å². The lowest BCUT2D eigenvalue weighted by Gasteiger charge is -2.62. The first-order chi connectivity index (χ1) is 12.2. The van der Waals surface area contributed by atoms with E-state index in [1.165, 1.54) is 0 Å². The number of hydrogen-bond acceptors (Lipinski definition) is 3. The summed E-state index contributed by atoms with van der Waals surface area (Å²) in [5.74, 6) is -0.0503. The van der Waals surface area contributed by atoms with Crippen LogP contribution in [0.1, 0.15) is 65.4 Å². The van der Waals surface area contributed by atoms with Crippen molar-refractivity contribution in [2.24, 2.45) is 0 Å². The molecule has 0 bridgehead atoms. The second-order valence-electron chi connectivity index (χ2n) is 9.01. The van der Waals surface area contributed by atoms with Crippen LogP contribution < -0.4 is 0 Å². The molecule has 0 aromatic heterocycles. The number of piperidine rings is 2. The van der Waals surface area contributed by atoms with E-state index in [-0.39, 0.29) is 5.91 Å². The third kappa shape index (κ3) is 3.40. The largest absolute Gasteiger partial charge is 0.597 e. The predicted molar refractivity (Wildman–Crippen MR) is 102 cm³/mol. The standard InChI is InChI=1S/C21H32N2O3/c1-20(2)13-9-14-21(3,4)23(20,25)26-18-12-8-15-22(19(18)24)16-17-10-6-5-7-11-17/h5-7,10-11,18H,8-9,12-16H2,1-4H3. The van der Waals surface area contributed by atoms with E-state index in [0.29, 0.717) is 13.0 Å². The Labute approximate surface area is 157 Å². The van der Waals surface area contributed by atoms with Gasteiger partial charge in [-0.1, -0.05) is 30.3 Å². The third-order valence-corrected chi connectivity index (χ3v) is 6.14. The second kappa shape index (κ2) is 6.95. The van der Waals surface area contributed by atoms with Crippen molar-refractivity contribution in [1.82, 2.24) is 4.90 Å². The third-order valence-electron chi connectivity index (χ3n) is 6.14. The molecule has 26 heavy (non-hydrogen) atoms. The molecular formula is C21H32N2O3. The van der Waals surface area contributed by atoms with E-state index in [2.05, 4.69) is 0 Å². The van der Waals surface area contributed by atoms with Crippen molar-refractivity contribution in [3.63, 3.8) is 0 Å². The lowest BCUT2D eigenvalue weighted by atomic mass is 9.81. The van der Waals surface area contributed by atoms with E-state index in [4.69, 9.17) is 4.84 Å². The topological polar surface area (TPSA) is 52.6 Å². The van der Waals surface area contributed by atoms with Gasteiger partial charge in [0.05, 0.1) is 0 Å². The lowest BCUT2D eigenvalue weighted by Crippen LogP contribution is -2.71. The van der Waals surface area contributed by atoms with Crippen LogP contribution in [0.4, 0.5) is 0 Å². The minimum atomic E-state index is -0.740. The summed E-state index contributed by atoms with van der Waals surface area (Å²) in [7, 11) is 0. The number of carbonyl (C=O) groups is 1. The van der Waals surface area contributed by atoms with Crippen LogP contribution in [0.25, 0.3) is 0 Å². The van der Waals surface area contributed by atoms with E-state index in [1.54, 1.807) is 0 Å². The molecular weight excluding hydrogens is 328 g/mol. The van der Waals surface area contributed by atoms with Gasteiger partial charge in [0.2, 0.25) is 0 Å². The number of hydrogen-bond donors (Lipinski definition) is 0. The van der Waals surface area contributed by atoms with Gasteiger partial charge in [0.25, 0.3) is 5.91 Å². The molecule has 0 N–H and O–H groups in total. The number of amides is 1. The van der Waals surface area contributed by atoms with Gasteiger partial charge in [0, 0.05) is 25.9 Å². The van der Waals surface area contributed by atoms with E-state index in [9.17, 15) is 10.0 Å². The molecule has 1 atom stereocenters. The first-order valence-corrected chi connectivity index (χ1v) is 9.78. The van der Waals surface area contributed by atoms with Gasteiger partial charge >= 0.3 is 0 Å². The van der Waals surface area contributed by atoms with Crippen LogP contribution in [0.5, 0.6) is 0 Å². The quantitative estimate of drug-likeness (QED) is 0.598. The molecule has 2 saturated heterocycles. The highest BCUT2D eigenvalue weighted by Crippen LogP contribution is 2.46. The maximum Gasteiger partial charge on any atom is 0.258 e. The number of hydroxylamine groups is 4. The summed E-state index contributed by atoms with van der Waals surface area (Å²) in [4.78, 5) is 20.2. The summed E-state index contributed by atoms with van der Waals surface area (Å²) in [5, 5.41) is 13.9. The van der Waals surface area contributed by atoms with Gasteiger partial charge in [-0.25, -0.2) is 4.81 Å². The Morgan fingerprint density at radius 2 is 1.73 bits per heavy atom. The second-order valence-corrected chi connectivity index (χ2v) is 9.01. The Balaban J connectivity index is 1.77. The molecule has 1 amide bonds. The van der Waals surface area contributed by atoms with Crippen molar-refractivity contribution in [2.45, 2.75) is 83.5 Å². The lowest BCUT2D eigenvalue weighted by molar-refractivity contribution is -1.14.